The molecule has 0 saturated carbocycles. The van der Waals surface area contributed by atoms with Crippen molar-refractivity contribution in [3.63, 3.8) is 0 Å². The maximum absolute atomic E-state index is 12.6. The summed E-state index contributed by atoms with van der Waals surface area (Å²) in [6, 6.07) is 5.94. The molecule has 0 N–H and O–H groups in total. The summed E-state index contributed by atoms with van der Waals surface area (Å²) >= 11 is 0. The molecule has 1 aromatic carbocycles. The quantitative estimate of drug-likeness (QED) is 0.643. The van der Waals surface area contributed by atoms with E-state index in [0.29, 0.717) is 6.92 Å². The second-order valence-electron chi connectivity index (χ2n) is 3.36. The Kier molecular flexibility index (Phi) is 3.54. The third kappa shape index (κ3) is 3.25. The Morgan fingerprint density at radius 1 is 0.824 bits per heavy atom. The Morgan fingerprint density at radius 3 is 1.65 bits per heavy atom. The van der Waals surface area contributed by atoms with Gasteiger partial charge in [0, 0.05) is 5.57 Å². The molecule has 0 unspecified atom stereocenters. The predicted molar refractivity (Wildman–Crippen MR) is 51.1 cm³/mol. The van der Waals surface area contributed by atoms with Gasteiger partial charge in [-0.05, 0) is 12.5 Å². The number of allylic oxidation sites excluding steroid dienone is 2. The molecule has 0 amide bonds. The minimum atomic E-state index is -5.04. The van der Waals surface area contributed by atoms with Crippen LogP contribution in [-0.4, -0.2) is 12.4 Å². The minimum absolute atomic E-state index is 0.426. The van der Waals surface area contributed by atoms with Gasteiger partial charge in [-0.2, -0.15) is 26.3 Å². The van der Waals surface area contributed by atoms with Crippen molar-refractivity contribution in [1.29, 1.82) is 0 Å². The van der Waals surface area contributed by atoms with Gasteiger partial charge in [0.1, 0.15) is 0 Å². The summed E-state index contributed by atoms with van der Waals surface area (Å²) in [6.45, 7) is 0.426. The first kappa shape index (κ1) is 13.6. The summed E-state index contributed by atoms with van der Waals surface area (Å²) in [7, 11) is 0. The highest BCUT2D eigenvalue weighted by Gasteiger charge is 2.43. The molecule has 6 heteroatoms. The summed E-state index contributed by atoms with van der Waals surface area (Å²) in [5.74, 6) is 0. The topological polar surface area (TPSA) is 0 Å². The molecule has 0 bridgehead atoms. The molecule has 17 heavy (non-hydrogen) atoms. The van der Waals surface area contributed by atoms with Crippen LogP contribution < -0.4 is 0 Å². The number of alkyl halides is 6. The third-order valence-electron chi connectivity index (χ3n) is 2.15. The van der Waals surface area contributed by atoms with Crippen molar-refractivity contribution in [2.24, 2.45) is 0 Å². The molecule has 0 fully saturated rings. The van der Waals surface area contributed by atoms with Crippen LogP contribution in [0, 0.1) is 0 Å². The van der Waals surface area contributed by atoms with E-state index in [9.17, 15) is 26.3 Å². The van der Waals surface area contributed by atoms with E-state index in [1.54, 1.807) is 0 Å². The van der Waals surface area contributed by atoms with Crippen LogP contribution >= 0.6 is 0 Å². The van der Waals surface area contributed by atoms with Crippen molar-refractivity contribution in [2.45, 2.75) is 19.3 Å². The van der Waals surface area contributed by atoms with Crippen molar-refractivity contribution >= 4 is 5.57 Å². The standard InChI is InChI=1S/C11H8F6/c1-7(10(12,13)14)9(11(15,16)17)8-5-3-2-4-6-8/h2-6H,1H3. The molecule has 0 saturated heterocycles. The highest BCUT2D eigenvalue weighted by molar-refractivity contribution is 5.73. The van der Waals surface area contributed by atoms with E-state index < -0.39 is 29.1 Å². The van der Waals surface area contributed by atoms with Gasteiger partial charge >= 0.3 is 12.4 Å². The van der Waals surface area contributed by atoms with E-state index in [1.165, 1.54) is 18.2 Å². The van der Waals surface area contributed by atoms with Gasteiger partial charge in [-0.3, -0.25) is 0 Å². The zero-order chi connectivity index (χ0) is 13.3. The van der Waals surface area contributed by atoms with Gasteiger partial charge in [0.15, 0.2) is 0 Å². The Balaban J connectivity index is 3.44. The number of hydrogen-bond donors (Lipinski definition) is 0. The second kappa shape index (κ2) is 4.43. The van der Waals surface area contributed by atoms with Crippen molar-refractivity contribution in [3.8, 4) is 0 Å². The van der Waals surface area contributed by atoms with Crippen LogP contribution in [0.3, 0.4) is 0 Å². The van der Waals surface area contributed by atoms with Crippen molar-refractivity contribution < 1.29 is 26.3 Å². The number of hydrogen-bond acceptors (Lipinski definition) is 0. The summed E-state index contributed by atoms with van der Waals surface area (Å²) < 4.78 is 75.0. The maximum Gasteiger partial charge on any atom is 0.417 e. The van der Waals surface area contributed by atoms with E-state index in [0.717, 1.165) is 12.1 Å². The van der Waals surface area contributed by atoms with E-state index in [1.807, 2.05) is 0 Å². The fraction of sp³-hybridized carbons (Fsp3) is 0.273. The lowest BCUT2D eigenvalue weighted by molar-refractivity contribution is -0.101. The molecule has 0 aromatic heterocycles. The lowest BCUT2D eigenvalue weighted by Gasteiger charge is -2.17. The van der Waals surface area contributed by atoms with Gasteiger partial charge < -0.3 is 0 Å². The molecular weight excluding hydrogens is 246 g/mol. The van der Waals surface area contributed by atoms with Crippen LogP contribution in [-0.2, 0) is 0 Å². The van der Waals surface area contributed by atoms with E-state index in [-0.39, 0.29) is 0 Å². The lowest BCUT2D eigenvalue weighted by atomic mass is 10.00. The monoisotopic (exact) mass is 254 g/mol. The molecule has 0 nitrogen and oxygen atoms in total. The second-order valence-corrected chi connectivity index (χ2v) is 3.36. The van der Waals surface area contributed by atoms with E-state index in [4.69, 9.17) is 0 Å². The van der Waals surface area contributed by atoms with E-state index >= 15 is 0 Å². The lowest BCUT2D eigenvalue weighted by Crippen LogP contribution is -2.20. The molecule has 94 valence electrons. The van der Waals surface area contributed by atoms with Gasteiger partial charge in [0.2, 0.25) is 0 Å². The molecule has 0 atom stereocenters. The Labute approximate surface area is 93.6 Å². The first-order chi connectivity index (χ1) is 7.64. The zero-order valence-electron chi connectivity index (χ0n) is 8.65. The van der Waals surface area contributed by atoms with Gasteiger partial charge in [-0.25, -0.2) is 0 Å². The highest BCUT2D eigenvalue weighted by Crippen LogP contribution is 2.41. The summed E-state index contributed by atoms with van der Waals surface area (Å²) in [5, 5.41) is 0. The molecule has 0 aliphatic heterocycles. The SMILES string of the molecule is CC(=C(c1ccccc1)C(F)(F)F)C(F)(F)F. The summed E-state index contributed by atoms with van der Waals surface area (Å²) in [6.07, 6.45) is -10.0. The first-order valence-corrected chi connectivity index (χ1v) is 4.54. The van der Waals surface area contributed by atoms with Crippen molar-refractivity contribution in [3.05, 3.63) is 41.5 Å². The first-order valence-electron chi connectivity index (χ1n) is 4.54. The molecule has 0 heterocycles. The van der Waals surface area contributed by atoms with Crippen LogP contribution in [0.2, 0.25) is 0 Å². The van der Waals surface area contributed by atoms with Gasteiger partial charge in [0.25, 0.3) is 0 Å². The predicted octanol–water partition coefficient (Wildman–Crippen LogP) is 4.58. The van der Waals surface area contributed by atoms with Crippen LogP contribution in [0.25, 0.3) is 5.57 Å². The Bertz CT molecular complexity index is 410. The van der Waals surface area contributed by atoms with E-state index in [2.05, 4.69) is 0 Å². The molecule has 0 spiro atoms. The molecular formula is C11H8F6. The van der Waals surface area contributed by atoms with Crippen molar-refractivity contribution in [2.75, 3.05) is 0 Å². The largest absolute Gasteiger partial charge is 0.417 e. The van der Waals surface area contributed by atoms with Gasteiger partial charge in [0.05, 0.1) is 5.57 Å². The fourth-order valence-corrected chi connectivity index (χ4v) is 1.34. The smallest absolute Gasteiger partial charge is 0.166 e. The van der Waals surface area contributed by atoms with Crippen LogP contribution in [0.1, 0.15) is 12.5 Å². The third-order valence-corrected chi connectivity index (χ3v) is 2.15. The minimum Gasteiger partial charge on any atom is -0.166 e. The average Bonchev–Trinajstić information content (AvgIpc) is 2.15. The Morgan fingerprint density at radius 2 is 1.29 bits per heavy atom. The number of halogens is 6. The molecule has 1 rings (SSSR count). The summed E-state index contributed by atoms with van der Waals surface area (Å²) in [5.41, 5.74) is -3.78. The highest BCUT2D eigenvalue weighted by atomic mass is 19.4. The summed E-state index contributed by atoms with van der Waals surface area (Å²) in [4.78, 5) is 0. The normalized spacial score (nSPS) is 14.5. The molecule has 0 aliphatic rings. The average molecular weight is 254 g/mol. The number of benzene rings is 1. The zero-order valence-corrected chi connectivity index (χ0v) is 8.65. The fourth-order valence-electron chi connectivity index (χ4n) is 1.34. The molecule has 0 radical (unpaired) electrons. The van der Waals surface area contributed by atoms with Crippen LogP contribution in [0.15, 0.2) is 35.9 Å². The number of rotatable bonds is 1. The Hall–Kier alpha value is -1.46. The van der Waals surface area contributed by atoms with Crippen molar-refractivity contribution in [1.82, 2.24) is 0 Å². The van der Waals surface area contributed by atoms with Crippen LogP contribution in [0.5, 0.6) is 0 Å². The van der Waals surface area contributed by atoms with Gasteiger partial charge in [-0.1, -0.05) is 30.3 Å². The maximum atomic E-state index is 12.6. The molecule has 0 aliphatic carbocycles. The molecule has 1 aromatic rings. The van der Waals surface area contributed by atoms with Crippen LogP contribution in [0.4, 0.5) is 26.3 Å². The van der Waals surface area contributed by atoms with Gasteiger partial charge in [-0.15, -0.1) is 0 Å².